The maximum absolute atomic E-state index is 3.47. The summed E-state index contributed by atoms with van der Waals surface area (Å²) < 4.78 is 0. The molecule has 1 aliphatic heterocycles. The van der Waals surface area contributed by atoms with Crippen LogP contribution in [-0.2, 0) is 0 Å². The van der Waals surface area contributed by atoms with Gasteiger partial charge in [-0.15, -0.1) is 0 Å². The number of benzene rings is 2. The first kappa shape index (κ1) is 14.6. The largest absolute Gasteiger partial charge is 0.314 e. The Morgan fingerprint density at radius 2 is 1.81 bits per heavy atom. The molecule has 0 aliphatic carbocycles. The molecule has 2 heteroatoms. The monoisotopic (exact) mass is 282 g/mol. The number of unbranched alkanes of at least 4 members (excludes halogenated alkanes) is 1. The highest BCUT2D eigenvalue weighted by Gasteiger charge is 2.21. The average molecular weight is 282 g/mol. The summed E-state index contributed by atoms with van der Waals surface area (Å²) in [4.78, 5) is 2.66. The molecule has 112 valence electrons. The van der Waals surface area contributed by atoms with Crippen LogP contribution in [-0.4, -0.2) is 31.1 Å². The van der Waals surface area contributed by atoms with E-state index in [-0.39, 0.29) is 0 Å². The molecule has 0 spiro atoms. The van der Waals surface area contributed by atoms with Crippen molar-refractivity contribution in [3.63, 3.8) is 0 Å². The van der Waals surface area contributed by atoms with Crippen molar-refractivity contribution in [1.29, 1.82) is 0 Å². The van der Waals surface area contributed by atoms with Crippen LogP contribution in [0.2, 0.25) is 0 Å². The highest BCUT2D eigenvalue weighted by atomic mass is 15.2. The molecule has 1 fully saturated rings. The van der Waals surface area contributed by atoms with Crippen LogP contribution in [0.15, 0.2) is 42.5 Å². The highest BCUT2D eigenvalue weighted by Crippen LogP contribution is 2.29. The van der Waals surface area contributed by atoms with Crippen molar-refractivity contribution in [2.45, 2.75) is 32.2 Å². The van der Waals surface area contributed by atoms with Crippen molar-refractivity contribution in [1.82, 2.24) is 10.2 Å². The molecule has 0 amide bonds. The molecular weight excluding hydrogens is 256 g/mol. The maximum Gasteiger partial charge on any atom is 0.0349 e. The van der Waals surface area contributed by atoms with Crippen LogP contribution in [0, 0.1) is 0 Å². The van der Waals surface area contributed by atoms with Crippen molar-refractivity contribution < 1.29 is 0 Å². The fourth-order valence-corrected chi connectivity index (χ4v) is 3.37. The highest BCUT2D eigenvalue weighted by molar-refractivity contribution is 5.83. The summed E-state index contributed by atoms with van der Waals surface area (Å²) in [6.45, 7) is 6.87. The fourth-order valence-electron chi connectivity index (χ4n) is 3.37. The van der Waals surface area contributed by atoms with Crippen molar-refractivity contribution in [2.75, 3.05) is 26.2 Å². The third kappa shape index (κ3) is 3.45. The average Bonchev–Trinajstić information content (AvgIpc) is 2.56. The summed E-state index contributed by atoms with van der Waals surface area (Å²) in [5, 5.41) is 6.18. The van der Waals surface area contributed by atoms with Gasteiger partial charge in [-0.2, -0.15) is 0 Å². The van der Waals surface area contributed by atoms with Crippen molar-refractivity contribution in [3.05, 3.63) is 48.0 Å². The zero-order valence-corrected chi connectivity index (χ0v) is 13.0. The minimum Gasteiger partial charge on any atom is -0.314 e. The Balaban J connectivity index is 1.88. The Labute approximate surface area is 128 Å². The van der Waals surface area contributed by atoms with Gasteiger partial charge in [-0.1, -0.05) is 56.2 Å². The number of fused-ring (bicyclic) bond motifs is 1. The smallest absolute Gasteiger partial charge is 0.0349 e. The molecule has 1 N–H and O–H groups in total. The second-order valence-electron chi connectivity index (χ2n) is 6.05. The summed E-state index contributed by atoms with van der Waals surface area (Å²) in [5.74, 6) is 0. The molecule has 1 aliphatic rings. The fraction of sp³-hybridized carbons (Fsp3) is 0.474. The molecule has 1 saturated heterocycles. The molecule has 1 heterocycles. The number of nitrogens with zero attached hydrogens (tertiary/aromatic N) is 1. The molecule has 0 bridgehead atoms. The molecule has 0 aromatic heterocycles. The van der Waals surface area contributed by atoms with Crippen LogP contribution in [0.4, 0.5) is 0 Å². The van der Waals surface area contributed by atoms with E-state index in [0.29, 0.717) is 6.04 Å². The van der Waals surface area contributed by atoms with Gasteiger partial charge in [0.2, 0.25) is 0 Å². The maximum atomic E-state index is 3.47. The molecule has 3 rings (SSSR count). The molecule has 21 heavy (non-hydrogen) atoms. The van der Waals surface area contributed by atoms with Crippen LogP contribution in [0.25, 0.3) is 10.8 Å². The molecule has 2 nitrogen and oxygen atoms in total. The van der Waals surface area contributed by atoms with E-state index in [0.717, 1.165) is 13.1 Å². The Hall–Kier alpha value is -1.38. The van der Waals surface area contributed by atoms with E-state index < -0.39 is 0 Å². The van der Waals surface area contributed by atoms with Crippen molar-refractivity contribution in [2.24, 2.45) is 0 Å². The van der Waals surface area contributed by atoms with Crippen molar-refractivity contribution >= 4 is 10.8 Å². The van der Waals surface area contributed by atoms with E-state index >= 15 is 0 Å². The van der Waals surface area contributed by atoms with Gasteiger partial charge in [0.05, 0.1) is 0 Å². The van der Waals surface area contributed by atoms with Crippen molar-refractivity contribution in [3.8, 4) is 0 Å². The summed E-state index contributed by atoms with van der Waals surface area (Å²) in [5.41, 5.74) is 1.49. The topological polar surface area (TPSA) is 15.3 Å². The molecule has 2 aromatic rings. The third-order valence-corrected chi connectivity index (χ3v) is 4.58. The van der Waals surface area contributed by atoms with Gasteiger partial charge in [0.25, 0.3) is 0 Å². The second kappa shape index (κ2) is 7.06. The lowest BCUT2D eigenvalue weighted by Gasteiger charge is -2.35. The summed E-state index contributed by atoms with van der Waals surface area (Å²) in [7, 11) is 0. The normalized spacial score (nSPS) is 18.0. The lowest BCUT2D eigenvalue weighted by molar-refractivity contribution is 0.163. The lowest BCUT2D eigenvalue weighted by Crippen LogP contribution is -2.45. The molecule has 2 aromatic carbocycles. The van der Waals surface area contributed by atoms with Gasteiger partial charge < -0.3 is 5.32 Å². The SMILES string of the molecule is CCCC[C@H](c1ccc2ccccc2c1)N1CCNCC1. The second-order valence-corrected chi connectivity index (χ2v) is 6.05. The van der Waals surface area contributed by atoms with Crippen LogP contribution in [0.3, 0.4) is 0 Å². The quantitative estimate of drug-likeness (QED) is 0.892. The number of nitrogens with one attached hydrogen (secondary N) is 1. The van der Waals surface area contributed by atoms with E-state index in [2.05, 4.69) is 59.6 Å². The van der Waals surface area contributed by atoms with E-state index in [1.807, 2.05) is 0 Å². The predicted octanol–water partition coefficient (Wildman–Crippen LogP) is 3.98. The van der Waals surface area contributed by atoms with E-state index in [9.17, 15) is 0 Å². The summed E-state index contributed by atoms with van der Waals surface area (Å²) >= 11 is 0. The van der Waals surface area contributed by atoms with Crippen LogP contribution < -0.4 is 5.32 Å². The molecular formula is C19H26N2. The first-order valence-electron chi connectivity index (χ1n) is 8.32. The van der Waals surface area contributed by atoms with Gasteiger partial charge in [-0.3, -0.25) is 4.90 Å². The Morgan fingerprint density at radius 1 is 1.05 bits per heavy atom. The predicted molar refractivity (Wildman–Crippen MR) is 90.7 cm³/mol. The zero-order chi connectivity index (χ0) is 14.5. The first-order valence-corrected chi connectivity index (χ1v) is 8.32. The van der Waals surface area contributed by atoms with Gasteiger partial charge in [0.1, 0.15) is 0 Å². The van der Waals surface area contributed by atoms with Gasteiger partial charge in [-0.25, -0.2) is 0 Å². The Morgan fingerprint density at radius 3 is 2.57 bits per heavy atom. The number of hydrogen-bond acceptors (Lipinski definition) is 2. The van der Waals surface area contributed by atoms with Gasteiger partial charge in [0, 0.05) is 32.2 Å². The number of rotatable bonds is 5. The lowest BCUT2D eigenvalue weighted by atomic mass is 9.96. The first-order chi connectivity index (χ1) is 10.4. The van der Waals surface area contributed by atoms with E-state index in [4.69, 9.17) is 0 Å². The van der Waals surface area contributed by atoms with Gasteiger partial charge >= 0.3 is 0 Å². The molecule has 1 atom stereocenters. The zero-order valence-electron chi connectivity index (χ0n) is 13.0. The number of hydrogen-bond donors (Lipinski definition) is 1. The third-order valence-electron chi connectivity index (χ3n) is 4.58. The molecule has 0 saturated carbocycles. The Bertz CT molecular complexity index is 573. The number of piperazine rings is 1. The molecule has 0 radical (unpaired) electrons. The minimum atomic E-state index is 0.580. The van der Waals surface area contributed by atoms with Crippen LogP contribution in [0.5, 0.6) is 0 Å². The van der Waals surface area contributed by atoms with Crippen LogP contribution in [0.1, 0.15) is 37.8 Å². The van der Waals surface area contributed by atoms with E-state index in [1.54, 1.807) is 0 Å². The van der Waals surface area contributed by atoms with Gasteiger partial charge in [-0.05, 0) is 28.8 Å². The minimum absolute atomic E-state index is 0.580. The standard InChI is InChI=1S/C19H26N2/c1-2-3-8-19(21-13-11-20-12-14-21)18-10-9-16-6-4-5-7-17(16)15-18/h4-7,9-10,15,19-20H,2-3,8,11-14H2,1H3/t19-/m1/s1. The van der Waals surface area contributed by atoms with Crippen LogP contribution >= 0.6 is 0 Å². The summed E-state index contributed by atoms with van der Waals surface area (Å²) in [6, 6.07) is 16.3. The Kier molecular flexibility index (Phi) is 4.89. The summed E-state index contributed by atoms with van der Waals surface area (Å²) in [6.07, 6.45) is 3.85. The molecule has 0 unspecified atom stereocenters. The van der Waals surface area contributed by atoms with Gasteiger partial charge in [0.15, 0.2) is 0 Å². The van der Waals surface area contributed by atoms with E-state index in [1.165, 1.54) is 48.7 Å².